The van der Waals surface area contributed by atoms with Crippen LogP contribution in [0.25, 0.3) is 22.2 Å². The summed E-state index contributed by atoms with van der Waals surface area (Å²) in [5, 5.41) is 0.465. The van der Waals surface area contributed by atoms with Crippen LogP contribution in [0.2, 0.25) is 0 Å². The molecule has 9 heteroatoms. The zero-order chi connectivity index (χ0) is 22.3. The van der Waals surface area contributed by atoms with E-state index in [4.69, 9.17) is 0 Å². The van der Waals surface area contributed by atoms with E-state index >= 15 is 0 Å². The number of nitrogens with zero attached hydrogens (tertiary/aromatic N) is 1. The van der Waals surface area contributed by atoms with Gasteiger partial charge in [0, 0.05) is 28.9 Å². The summed E-state index contributed by atoms with van der Waals surface area (Å²) in [7, 11) is -3.72. The first-order valence-corrected chi connectivity index (χ1v) is 11.1. The number of pyridine rings is 1. The van der Waals surface area contributed by atoms with Crippen molar-refractivity contribution in [1.29, 1.82) is 0 Å². The maximum atomic E-state index is 14.9. The van der Waals surface area contributed by atoms with Crippen LogP contribution in [0.1, 0.15) is 21.5 Å². The first kappa shape index (κ1) is 20.7. The molecule has 0 amide bonds. The molecule has 2 N–H and O–H groups in total. The van der Waals surface area contributed by atoms with Crippen molar-refractivity contribution in [3.05, 3.63) is 83.2 Å². The number of halogens is 2. The minimum absolute atomic E-state index is 0.180. The molecule has 0 aliphatic carbocycles. The lowest BCUT2D eigenvalue weighted by molar-refractivity contribution is 0.103. The van der Waals surface area contributed by atoms with Crippen LogP contribution < -0.4 is 4.72 Å². The predicted octanol–water partition coefficient (Wildman–Crippen LogP) is 4.42. The monoisotopic (exact) mass is 441 g/mol. The topological polar surface area (TPSA) is 91.9 Å². The molecular formula is C22H17F2N3O3S. The summed E-state index contributed by atoms with van der Waals surface area (Å²) in [4.78, 5) is 20.3. The van der Waals surface area contributed by atoms with Crippen molar-refractivity contribution < 1.29 is 22.0 Å². The van der Waals surface area contributed by atoms with Crippen LogP contribution in [0.4, 0.5) is 14.5 Å². The average Bonchev–Trinajstić information content (AvgIpc) is 3.11. The Morgan fingerprint density at radius 2 is 1.87 bits per heavy atom. The number of fused-ring (bicyclic) bond motifs is 1. The zero-order valence-corrected chi connectivity index (χ0v) is 17.3. The first-order chi connectivity index (χ1) is 14.6. The molecule has 4 rings (SSSR count). The van der Waals surface area contributed by atoms with E-state index < -0.39 is 21.6 Å². The van der Waals surface area contributed by atoms with Gasteiger partial charge in [-0.2, -0.15) is 0 Å². The molecule has 31 heavy (non-hydrogen) atoms. The van der Waals surface area contributed by atoms with Crippen LogP contribution in [0.3, 0.4) is 0 Å². The summed E-state index contributed by atoms with van der Waals surface area (Å²) in [5.74, 6) is -1.95. The molecular weight excluding hydrogens is 424 g/mol. The van der Waals surface area contributed by atoms with Crippen LogP contribution in [0.5, 0.6) is 0 Å². The van der Waals surface area contributed by atoms with E-state index in [0.717, 1.165) is 11.8 Å². The summed E-state index contributed by atoms with van der Waals surface area (Å²) < 4.78 is 53.3. The molecule has 0 fully saturated rings. The van der Waals surface area contributed by atoms with Crippen molar-refractivity contribution in [2.45, 2.75) is 6.92 Å². The third kappa shape index (κ3) is 4.04. The molecule has 0 atom stereocenters. The van der Waals surface area contributed by atoms with Crippen molar-refractivity contribution in [2.24, 2.45) is 0 Å². The summed E-state index contributed by atoms with van der Waals surface area (Å²) >= 11 is 0. The van der Waals surface area contributed by atoms with E-state index in [1.54, 1.807) is 25.3 Å². The van der Waals surface area contributed by atoms with Gasteiger partial charge in [0.2, 0.25) is 10.0 Å². The van der Waals surface area contributed by atoms with Gasteiger partial charge < -0.3 is 4.98 Å². The Labute approximate surface area is 177 Å². The fraction of sp³-hybridized carbons (Fsp3) is 0.0909. The third-order valence-electron chi connectivity index (χ3n) is 4.81. The molecule has 2 aromatic heterocycles. The fourth-order valence-corrected chi connectivity index (χ4v) is 3.98. The van der Waals surface area contributed by atoms with Gasteiger partial charge in [-0.15, -0.1) is 0 Å². The van der Waals surface area contributed by atoms with Gasteiger partial charge in [-0.25, -0.2) is 22.2 Å². The highest BCUT2D eigenvalue weighted by atomic mass is 32.2. The Hall–Kier alpha value is -3.59. The summed E-state index contributed by atoms with van der Waals surface area (Å²) in [5.41, 5.74) is 2.15. The molecule has 0 spiro atoms. The molecule has 158 valence electrons. The average molecular weight is 441 g/mol. The summed E-state index contributed by atoms with van der Waals surface area (Å²) in [6, 6.07) is 10.0. The summed E-state index contributed by atoms with van der Waals surface area (Å²) in [6.07, 6.45) is 3.92. The minimum Gasteiger partial charge on any atom is -0.345 e. The number of sulfonamides is 1. The summed E-state index contributed by atoms with van der Waals surface area (Å²) in [6.45, 7) is 1.77. The molecule has 0 radical (unpaired) electrons. The number of hydrogen-bond acceptors (Lipinski definition) is 4. The highest BCUT2D eigenvalue weighted by Crippen LogP contribution is 2.29. The molecule has 2 heterocycles. The van der Waals surface area contributed by atoms with Crippen molar-refractivity contribution in [2.75, 3.05) is 11.0 Å². The fourth-order valence-electron chi connectivity index (χ4n) is 3.42. The Morgan fingerprint density at radius 1 is 1.10 bits per heavy atom. The maximum Gasteiger partial charge on any atom is 0.229 e. The van der Waals surface area contributed by atoms with E-state index in [2.05, 4.69) is 14.7 Å². The van der Waals surface area contributed by atoms with Crippen molar-refractivity contribution in [1.82, 2.24) is 9.97 Å². The second-order valence-corrected chi connectivity index (χ2v) is 8.90. The molecule has 0 saturated heterocycles. The lowest BCUT2D eigenvalue weighted by Crippen LogP contribution is -2.13. The number of aromatic nitrogens is 2. The van der Waals surface area contributed by atoms with Crippen molar-refractivity contribution in [3.8, 4) is 11.1 Å². The Kier molecular flexibility index (Phi) is 5.06. The smallest absolute Gasteiger partial charge is 0.229 e. The molecule has 0 bridgehead atoms. The maximum absolute atomic E-state index is 14.9. The van der Waals surface area contributed by atoms with Crippen LogP contribution in [0.15, 0.2) is 54.9 Å². The van der Waals surface area contributed by atoms with Crippen LogP contribution in [-0.4, -0.2) is 30.4 Å². The van der Waals surface area contributed by atoms with E-state index in [1.165, 1.54) is 36.5 Å². The number of nitrogens with one attached hydrogen (secondary N) is 2. The number of aromatic amines is 1. The van der Waals surface area contributed by atoms with Crippen molar-refractivity contribution in [3.63, 3.8) is 0 Å². The molecule has 4 aromatic rings. The number of carbonyl (C=O) groups excluding carboxylic acids is 1. The van der Waals surface area contributed by atoms with E-state index in [-0.39, 0.29) is 22.6 Å². The minimum atomic E-state index is -3.72. The molecule has 2 aromatic carbocycles. The van der Waals surface area contributed by atoms with Gasteiger partial charge in [-0.1, -0.05) is 12.1 Å². The predicted molar refractivity (Wildman–Crippen MR) is 115 cm³/mol. The van der Waals surface area contributed by atoms with Crippen molar-refractivity contribution >= 4 is 32.5 Å². The van der Waals surface area contributed by atoms with Gasteiger partial charge in [-0.3, -0.25) is 9.52 Å². The number of rotatable bonds is 5. The second kappa shape index (κ2) is 7.59. The SMILES string of the molecule is Cc1cc(F)ccc1-c1cnc2[nH]cc(C(=O)c3cccc(NS(C)(=O)=O)c3F)c2c1. The number of hydrogen-bond donors (Lipinski definition) is 2. The van der Waals surface area contributed by atoms with Gasteiger partial charge in [0.1, 0.15) is 11.5 Å². The third-order valence-corrected chi connectivity index (χ3v) is 5.40. The number of ketones is 1. The van der Waals surface area contributed by atoms with Gasteiger partial charge in [0.15, 0.2) is 11.6 Å². The van der Waals surface area contributed by atoms with E-state index in [9.17, 15) is 22.0 Å². The number of H-pyrrole nitrogens is 1. The zero-order valence-electron chi connectivity index (χ0n) is 16.5. The molecule has 6 nitrogen and oxygen atoms in total. The van der Waals surface area contributed by atoms with Crippen LogP contribution in [-0.2, 0) is 10.0 Å². The largest absolute Gasteiger partial charge is 0.345 e. The van der Waals surface area contributed by atoms with Gasteiger partial charge >= 0.3 is 0 Å². The van der Waals surface area contributed by atoms with Gasteiger partial charge in [0.25, 0.3) is 0 Å². The van der Waals surface area contributed by atoms with Gasteiger partial charge in [-0.05, 0) is 48.4 Å². The number of anilines is 1. The number of benzene rings is 2. The number of carbonyl (C=O) groups is 1. The van der Waals surface area contributed by atoms with E-state index in [0.29, 0.717) is 22.2 Å². The second-order valence-electron chi connectivity index (χ2n) is 7.15. The number of aryl methyl sites for hydroxylation is 1. The quantitative estimate of drug-likeness (QED) is 0.449. The lowest BCUT2D eigenvalue weighted by atomic mass is 9.98. The molecule has 0 aliphatic rings. The van der Waals surface area contributed by atoms with E-state index in [1.807, 2.05) is 0 Å². The first-order valence-electron chi connectivity index (χ1n) is 9.19. The normalized spacial score (nSPS) is 11.6. The molecule has 0 aliphatic heterocycles. The highest BCUT2D eigenvalue weighted by Gasteiger charge is 2.21. The lowest BCUT2D eigenvalue weighted by Gasteiger charge is -2.09. The Morgan fingerprint density at radius 3 is 2.58 bits per heavy atom. The van der Waals surface area contributed by atoms with Crippen LogP contribution >= 0.6 is 0 Å². The Bertz CT molecular complexity index is 1450. The molecule has 0 unspecified atom stereocenters. The standard InChI is InChI=1S/C22H17F2N3O3S/c1-12-8-14(23)6-7-15(12)13-9-17-18(11-26-22(17)25-10-13)21(28)16-4-3-5-19(20(16)24)27-31(2,29)30/h3-11,27H,1-2H3,(H,25,26). The molecule has 0 saturated carbocycles. The Balaban J connectivity index is 1.80. The highest BCUT2D eigenvalue weighted by molar-refractivity contribution is 7.92. The van der Waals surface area contributed by atoms with Crippen LogP contribution in [0, 0.1) is 18.6 Å². The van der Waals surface area contributed by atoms with Gasteiger partial charge in [0.05, 0.1) is 17.5 Å².